The van der Waals surface area contributed by atoms with Crippen LogP contribution in [-0.4, -0.2) is 21.6 Å². The molecule has 6 aromatic rings. The Balaban J connectivity index is 1.52. The van der Waals surface area contributed by atoms with E-state index in [1.54, 1.807) is 13.2 Å². The maximum atomic E-state index is 13.5. The van der Waals surface area contributed by atoms with E-state index >= 15 is 0 Å². The molecule has 4 aromatic carbocycles. The molecule has 47 heavy (non-hydrogen) atoms. The number of hydrogen-bond donors (Lipinski definition) is 0. The molecule has 238 valence electrons. The minimum atomic E-state index is -0.683. The molecular weight excluding hydrogens is 581 g/mol. The summed E-state index contributed by atoms with van der Waals surface area (Å²) in [5, 5.41) is 0. The monoisotopic (exact) mass is 623 g/mol. The molecule has 1 unspecified atom stereocenters. The molecule has 6 rings (SSSR count). The van der Waals surface area contributed by atoms with Gasteiger partial charge in [-0.25, -0.2) is 9.37 Å². The summed E-state index contributed by atoms with van der Waals surface area (Å²) < 4.78 is 22.1. The molecule has 1 atom stereocenters. The highest BCUT2D eigenvalue weighted by atomic mass is 19.1. The molecule has 0 spiro atoms. The Morgan fingerprint density at radius 1 is 0.745 bits per heavy atom. The van der Waals surface area contributed by atoms with Gasteiger partial charge in [-0.05, 0) is 46.2 Å². The normalized spacial score (nSPS) is 12.6. The second-order valence-corrected chi connectivity index (χ2v) is 12.9. The summed E-state index contributed by atoms with van der Waals surface area (Å²) in [7, 11) is 1.76. The van der Waals surface area contributed by atoms with Crippen LogP contribution in [0.3, 0.4) is 0 Å². The van der Waals surface area contributed by atoms with E-state index in [2.05, 4.69) is 140 Å². The van der Waals surface area contributed by atoms with Crippen molar-refractivity contribution in [2.24, 2.45) is 5.41 Å². The maximum absolute atomic E-state index is 13.5. The maximum Gasteiger partial charge on any atom is 0.141 e. The van der Waals surface area contributed by atoms with Crippen LogP contribution in [0.15, 0.2) is 140 Å². The number of rotatable bonds is 12. The first-order valence-corrected chi connectivity index (χ1v) is 16.3. The van der Waals surface area contributed by atoms with Gasteiger partial charge in [0.15, 0.2) is 0 Å². The molecule has 0 saturated heterocycles. The predicted molar refractivity (Wildman–Crippen MR) is 188 cm³/mol. The fourth-order valence-electron chi connectivity index (χ4n) is 6.48. The number of nitrogens with zero attached hydrogens (tertiary/aromatic N) is 3. The first kappa shape index (κ1) is 32.1. The predicted octanol–water partition coefficient (Wildman–Crippen LogP) is 9.83. The van der Waals surface area contributed by atoms with Crippen LogP contribution in [0.2, 0.25) is 0 Å². The molecule has 2 aromatic heterocycles. The van der Waals surface area contributed by atoms with Gasteiger partial charge in [0.25, 0.3) is 0 Å². The molecule has 0 fully saturated rings. The summed E-state index contributed by atoms with van der Waals surface area (Å²) in [5.74, 6) is 0.596. The minimum Gasteiger partial charge on any atom is -0.376 e. The average molecular weight is 624 g/mol. The van der Waals surface area contributed by atoms with Crippen LogP contribution >= 0.6 is 0 Å². The second kappa shape index (κ2) is 13.9. The smallest absolute Gasteiger partial charge is 0.141 e. The van der Waals surface area contributed by atoms with Crippen LogP contribution in [0.1, 0.15) is 67.1 Å². The quantitative estimate of drug-likeness (QED) is 0.127. The summed E-state index contributed by atoms with van der Waals surface area (Å²) >= 11 is 0. The van der Waals surface area contributed by atoms with Crippen LogP contribution in [0, 0.1) is 11.2 Å². The summed E-state index contributed by atoms with van der Waals surface area (Å²) in [5.41, 5.74) is 6.62. The molecule has 0 radical (unpaired) electrons. The Hall–Kier alpha value is -4.87. The van der Waals surface area contributed by atoms with Crippen LogP contribution in [0.25, 0.3) is 11.3 Å². The van der Waals surface area contributed by atoms with E-state index in [0.29, 0.717) is 6.42 Å². The Morgan fingerprint density at radius 2 is 1.30 bits per heavy atom. The lowest BCUT2D eigenvalue weighted by molar-refractivity contribution is 0.100. The number of hydrogen-bond acceptors (Lipinski definition) is 3. The highest BCUT2D eigenvalue weighted by molar-refractivity contribution is 5.59. The Morgan fingerprint density at radius 3 is 1.77 bits per heavy atom. The number of benzene rings is 4. The van der Waals surface area contributed by atoms with Crippen LogP contribution in [-0.2, 0) is 23.1 Å². The van der Waals surface area contributed by atoms with Crippen molar-refractivity contribution in [3.8, 4) is 11.3 Å². The molecule has 0 aliphatic heterocycles. The lowest BCUT2D eigenvalue weighted by Gasteiger charge is -2.39. The van der Waals surface area contributed by atoms with Crippen molar-refractivity contribution in [3.05, 3.63) is 179 Å². The van der Waals surface area contributed by atoms with Gasteiger partial charge in [-0.1, -0.05) is 142 Å². The first-order chi connectivity index (χ1) is 22.8. The molecule has 5 heteroatoms. The van der Waals surface area contributed by atoms with E-state index in [4.69, 9.17) is 9.72 Å². The van der Waals surface area contributed by atoms with Gasteiger partial charge in [-0.2, -0.15) is 0 Å². The Labute approximate surface area is 278 Å². The van der Waals surface area contributed by atoms with Crippen molar-refractivity contribution in [2.75, 3.05) is 7.11 Å². The lowest BCUT2D eigenvalue weighted by Crippen LogP contribution is -2.39. The van der Waals surface area contributed by atoms with Gasteiger partial charge in [0.2, 0.25) is 0 Å². The number of halogens is 1. The third-order valence-electron chi connectivity index (χ3n) is 9.34. The van der Waals surface area contributed by atoms with Gasteiger partial charge >= 0.3 is 0 Å². The van der Waals surface area contributed by atoms with Crippen molar-refractivity contribution in [1.82, 2.24) is 14.5 Å². The van der Waals surface area contributed by atoms with Gasteiger partial charge < -0.3 is 9.30 Å². The van der Waals surface area contributed by atoms with Gasteiger partial charge in [-0.3, -0.25) is 4.98 Å². The number of pyridine rings is 1. The fraction of sp³-hybridized carbons (Fsp3) is 0.238. The van der Waals surface area contributed by atoms with Crippen LogP contribution in [0.4, 0.5) is 4.39 Å². The number of methoxy groups -OCH3 is 1. The summed E-state index contributed by atoms with van der Waals surface area (Å²) in [4.78, 5) is 9.67. The third kappa shape index (κ3) is 6.68. The van der Waals surface area contributed by atoms with E-state index in [1.165, 1.54) is 12.3 Å². The molecule has 4 nitrogen and oxygen atoms in total. The molecular formula is C42H42FN3O. The minimum absolute atomic E-state index is 0.0935. The number of imidazole rings is 1. The SMILES string of the molecule is CCC(C)(C)Cc1cn(C(c2ccccc2)(c2ccccc2)c2ccccc2)c(CC(OC)c2ccc(-c3ccc(F)cn3)cc2)n1. The number of ether oxygens (including phenoxy) is 1. The van der Waals surface area contributed by atoms with Crippen molar-refractivity contribution >= 4 is 0 Å². The summed E-state index contributed by atoms with van der Waals surface area (Å²) in [6, 6.07) is 43.5. The molecule has 0 saturated carbocycles. The van der Waals surface area contributed by atoms with E-state index < -0.39 is 5.54 Å². The van der Waals surface area contributed by atoms with E-state index in [0.717, 1.165) is 57.9 Å². The highest BCUT2D eigenvalue weighted by Crippen LogP contribution is 2.43. The Kier molecular flexibility index (Phi) is 9.46. The lowest BCUT2D eigenvalue weighted by atomic mass is 9.76. The Bertz CT molecular complexity index is 1770. The summed E-state index contributed by atoms with van der Waals surface area (Å²) in [6.07, 6.45) is 5.73. The largest absolute Gasteiger partial charge is 0.376 e. The standard InChI is InChI=1S/C42H42FN3O/c1-5-41(2,3)28-37-30-46(40(45-37)27-39(47-4)32-23-21-31(22-24-32)38-26-25-36(43)29-44-38)42(33-15-9-6-10-16-33,34-17-11-7-12-18-34)35-19-13-8-14-20-35/h6-26,29-30,39H,5,27-28H2,1-4H3. The van der Waals surface area contributed by atoms with Crippen molar-refractivity contribution in [2.45, 2.75) is 51.7 Å². The second-order valence-electron chi connectivity index (χ2n) is 12.9. The zero-order valence-corrected chi connectivity index (χ0v) is 27.6. The number of aromatic nitrogens is 3. The van der Waals surface area contributed by atoms with Crippen LogP contribution < -0.4 is 0 Å². The van der Waals surface area contributed by atoms with Gasteiger partial charge in [0.1, 0.15) is 17.2 Å². The fourth-order valence-corrected chi connectivity index (χ4v) is 6.48. The molecule has 0 bridgehead atoms. The van der Waals surface area contributed by atoms with Crippen molar-refractivity contribution in [1.29, 1.82) is 0 Å². The van der Waals surface area contributed by atoms with Gasteiger partial charge in [0, 0.05) is 25.3 Å². The molecule has 0 aliphatic rings. The van der Waals surface area contributed by atoms with E-state index in [9.17, 15) is 4.39 Å². The van der Waals surface area contributed by atoms with E-state index in [-0.39, 0.29) is 17.3 Å². The van der Waals surface area contributed by atoms with Gasteiger partial charge in [-0.15, -0.1) is 0 Å². The third-order valence-corrected chi connectivity index (χ3v) is 9.34. The van der Waals surface area contributed by atoms with Crippen LogP contribution in [0.5, 0.6) is 0 Å². The molecule has 0 aliphatic carbocycles. The summed E-state index contributed by atoms with van der Waals surface area (Å²) in [6.45, 7) is 6.85. The van der Waals surface area contributed by atoms with Crippen molar-refractivity contribution in [3.63, 3.8) is 0 Å². The van der Waals surface area contributed by atoms with Gasteiger partial charge in [0.05, 0.1) is 23.7 Å². The highest BCUT2D eigenvalue weighted by Gasteiger charge is 2.40. The molecule has 0 amide bonds. The van der Waals surface area contributed by atoms with Crippen molar-refractivity contribution < 1.29 is 9.13 Å². The first-order valence-electron chi connectivity index (χ1n) is 16.3. The zero-order valence-electron chi connectivity index (χ0n) is 27.6. The molecule has 2 heterocycles. The molecule has 0 N–H and O–H groups in total. The topological polar surface area (TPSA) is 39.9 Å². The van der Waals surface area contributed by atoms with E-state index in [1.807, 2.05) is 12.1 Å². The average Bonchev–Trinajstić information content (AvgIpc) is 3.50. The zero-order chi connectivity index (χ0) is 32.9.